The summed E-state index contributed by atoms with van der Waals surface area (Å²) in [6.07, 6.45) is 4.23. The summed E-state index contributed by atoms with van der Waals surface area (Å²) in [4.78, 5) is 0. The predicted octanol–water partition coefficient (Wildman–Crippen LogP) is 6.89. The van der Waals surface area contributed by atoms with Crippen LogP contribution >= 0.6 is 0 Å². The molecule has 0 radical (unpaired) electrons. The van der Waals surface area contributed by atoms with Crippen molar-refractivity contribution in [2.75, 3.05) is 0 Å². The van der Waals surface area contributed by atoms with E-state index >= 15 is 0 Å². The smallest absolute Gasteiger partial charge is 0.490 e. The molecule has 1 aromatic carbocycles. The lowest BCUT2D eigenvalue weighted by molar-refractivity contribution is 0.00578. The molecule has 0 unspecified atom stereocenters. The summed E-state index contributed by atoms with van der Waals surface area (Å²) in [5, 5.41) is 0.191. The van der Waals surface area contributed by atoms with Gasteiger partial charge in [0.15, 0.2) is 0 Å². The second kappa shape index (κ2) is 8.00. The van der Waals surface area contributed by atoms with E-state index in [4.69, 9.17) is 13.7 Å². The van der Waals surface area contributed by atoms with Gasteiger partial charge in [0, 0.05) is 0 Å². The molecule has 0 atom stereocenters. The molecule has 0 saturated carbocycles. The van der Waals surface area contributed by atoms with Gasteiger partial charge in [0.1, 0.15) is 5.75 Å². The first kappa shape index (κ1) is 23.2. The number of benzene rings is 1. The van der Waals surface area contributed by atoms with Gasteiger partial charge < -0.3 is 13.7 Å². The standard InChI is InChI=1S/C23H39BO3Si/c1-11-12-19(24-26-22(5,6)23(7,8)27-24)17-18-13-15-20(16-14-18)25-28(9,10)21(2,3)4/h13-17H,11-12H2,1-10H3/b19-17+. The Bertz CT molecular complexity index is 684. The van der Waals surface area contributed by atoms with E-state index in [9.17, 15) is 0 Å². The van der Waals surface area contributed by atoms with E-state index in [-0.39, 0.29) is 23.4 Å². The third kappa shape index (κ3) is 5.11. The maximum Gasteiger partial charge on any atom is 0.490 e. The molecule has 1 saturated heterocycles. The molecule has 1 aliphatic heterocycles. The van der Waals surface area contributed by atoms with Crippen molar-refractivity contribution in [3.05, 3.63) is 35.3 Å². The topological polar surface area (TPSA) is 27.7 Å². The third-order valence-electron chi connectivity index (χ3n) is 6.51. The summed E-state index contributed by atoms with van der Waals surface area (Å²) in [6.45, 7) is 21.9. The Hall–Kier alpha value is -1.04. The minimum absolute atomic E-state index is 0.191. The van der Waals surface area contributed by atoms with Crippen molar-refractivity contribution in [3.63, 3.8) is 0 Å². The third-order valence-corrected chi connectivity index (χ3v) is 10.9. The van der Waals surface area contributed by atoms with Gasteiger partial charge in [-0.2, -0.15) is 0 Å². The van der Waals surface area contributed by atoms with Crippen molar-refractivity contribution < 1.29 is 13.7 Å². The Morgan fingerprint density at radius 2 is 1.54 bits per heavy atom. The van der Waals surface area contributed by atoms with Gasteiger partial charge in [0.25, 0.3) is 0 Å². The first-order valence-electron chi connectivity index (χ1n) is 10.5. The number of hydrogen-bond donors (Lipinski definition) is 0. The van der Waals surface area contributed by atoms with Gasteiger partial charge in [-0.3, -0.25) is 0 Å². The van der Waals surface area contributed by atoms with Crippen LogP contribution in [-0.4, -0.2) is 26.6 Å². The van der Waals surface area contributed by atoms with Crippen LogP contribution in [0, 0.1) is 0 Å². The van der Waals surface area contributed by atoms with Crippen molar-refractivity contribution in [3.8, 4) is 5.75 Å². The predicted molar refractivity (Wildman–Crippen MR) is 123 cm³/mol. The first-order valence-corrected chi connectivity index (χ1v) is 13.4. The molecule has 0 aromatic heterocycles. The Labute approximate surface area is 174 Å². The van der Waals surface area contributed by atoms with E-state index in [0.717, 1.165) is 24.2 Å². The Kier molecular flexibility index (Phi) is 6.64. The van der Waals surface area contributed by atoms with Gasteiger partial charge in [-0.05, 0) is 75.4 Å². The average molecular weight is 402 g/mol. The van der Waals surface area contributed by atoms with Gasteiger partial charge in [-0.15, -0.1) is 0 Å². The summed E-state index contributed by atoms with van der Waals surface area (Å²) in [6, 6.07) is 8.42. The fourth-order valence-electron chi connectivity index (χ4n) is 2.84. The fraction of sp³-hybridized carbons (Fsp3) is 0.652. The molecule has 1 heterocycles. The number of hydrogen-bond acceptors (Lipinski definition) is 3. The summed E-state index contributed by atoms with van der Waals surface area (Å²) < 4.78 is 18.9. The molecule has 5 heteroatoms. The lowest BCUT2D eigenvalue weighted by atomic mass is 9.74. The van der Waals surface area contributed by atoms with Gasteiger partial charge in [0.2, 0.25) is 8.32 Å². The summed E-state index contributed by atoms with van der Waals surface area (Å²) in [5.74, 6) is 0.955. The van der Waals surface area contributed by atoms with Crippen molar-refractivity contribution in [1.82, 2.24) is 0 Å². The van der Waals surface area contributed by atoms with Crippen molar-refractivity contribution in [2.45, 2.75) is 97.6 Å². The zero-order valence-electron chi connectivity index (χ0n) is 19.6. The monoisotopic (exact) mass is 402 g/mol. The summed E-state index contributed by atoms with van der Waals surface area (Å²) in [5.41, 5.74) is 1.72. The van der Waals surface area contributed by atoms with Crippen LogP contribution in [0.4, 0.5) is 0 Å². The van der Waals surface area contributed by atoms with Crippen molar-refractivity contribution >= 4 is 21.5 Å². The summed E-state index contributed by atoms with van der Waals surface area (Å²) in [7, 11) is -2.10. The lowest BCUT2D eigenvalue weighted by Gasteiger charge is -2.36. The summed E-state index contributed by atoms with van der Waals surface area (Å²) >= 11 is 0. The zero-order chi connectivity index (χ0) is 21.4. The molecule has 0 N–H and O–H groups in total. The largest absolute Gasteiger partial charge is 0.544 e. The highest BCUT2D eigenvalue weighted by Crippen LogP contribution is 2.40. The second-order valence-corrected chi connectivity index (χ2v) is 15.2. The molecule has 156 valence electrons. The van der Waals surface area contributed by atoms with E-state index in [2.05, 4.69) is 98.8 Å². The highest BCUT2D eigenvalue weighted by atomic mass is 28.4. The average Bonchev–Trinajstić information content (AvgIpc) is 2.75. The van der Waals surface area contributed by atoms with Gasteiger partial charge in [0.05, 0.1) is 11.2 Å². The lowest BCUT2D eigenvalue weighted by Crippen LogP contribution is -2.43. The van der Waals surface area contributed by atoms with Crippen LogP contribution in [0.3, 0.4) is 0 Å². The molecule has 0 bridgehead atoms. The van der Waals surface area contributed by atoms with Crippen LogP contribution in [0.15, 0.2) is 29.7 Å². The van der Waals surface area contributed by atoms with Crippen LogP contribution in [0.1, 0.15) is 73.8 Å². The van der Waals surface area contributed by atoms with Crippen LogP contribution in [0.25, 0.3) is 6.08 Å². The molecule has 1 fully saturated rings. The molecule has 2 rings (SSSR count). The molecular formula is C23H39BO3Si. The highest BCUT2D eigenvalue weighted by Gasteiger charge is 2.52. The number of rotatable bonds is 6. The van der Waals surface area contributed by atoms with Crippen LogP contribution in [0.2, 0.25) is 18.1 Å². The van der Waals surface area contributed by atoms with Crippen LogP contribution in [-0.2, 0) is 9.31 Å². The van der Waals surface area contributed by atoms with E-state index in [1.54, 1.807) is 0 Å². The van der Waals surface area contributed by atoms with Gasteiger partial charge in [-0.25, -0.2) is 0 Å². The van der Waals surface area contributed by atoms with Gasteiger partial charge in [-0.1, -0.05) is 52.3 Å². The van der Waals surface area contributed by atoms with Crippen molar-refractivity contribution in [1.29, 1.82) is 0 Å². The van der Waals surface area contributed by atoms with Crippen LogP contribution in [0.5, 0.6) is 5.75 Å². The Morgan fingerprint density at radius 1 is 1.04 bits per heavy atom. The Morgan fingerprint density at radius 3 is 1.96 bits per heavy atom. The zero-order valence-corrected chi connectivity index (χ0v) is 20.6. The minimum Gasteiger partial charge on any atom is -0.544 e. The molecule has 28 heavy (non-hydrogen) atoms. The molecular weight excluding hydrogens is 363 g/mol. The first-order chi connectivity index (χ1) is 12.7. The Balaban J connectivity index is 2.20. The highest BCUT2D eigenvalue weighted by molar-refractivity contribution is 6.74. The molecule has 0 aliphatic carbocycles. The fourth-order valence-corrected chi connectivity index (χ4v) is 3.87. The molecule has 0 spiro atoms. The SMILES string of the molecule is CCC/C(=C\c1ccc(O[Si](C)(C)C(C)(C)C)cc1)B1OC(C)(C)C(C)(C)O1. The van der Waals surface area contributed by atoms with E-state index < -0.39 is 8.32 Å². The normalized spacial score (nSPS) is 19.8. The quantitative estimate of drug-likeness (QED) is 0.485. The molecule has 0 amide bonds. The number of allylic oxidation sites excluding steroid dienone is 1. The van der Waals surface area contributed by atoms with E-state index in [1.807, 2.05) is 0 Å². The molecule has 1 aromatic rings. The van der Waals surface area contributed by atoms with Gasteiger partial charge >= 0.3 is 7.12 Å². The van der Waals surface area contributed by atoms with E-state index in [0.29, 0.717) is 0 Å². The minimum atomic E-state index is -1.82. The molecule has 3 nitrogen and oxygen atoms in total. The maximum absolute atomic E-state index is 6.40. The van der Waals surface area contributed by atoms with E-state index in [1.165, 1.54) is 5.47 Å². The van der Waals surface area contributed by atoms with Crippen molar-refractivity contribution in [2.24, 2.45) is 0 Å². The van der Waals surface area contributed by atoms with Crippen LogP contribution < -0.4 is 4.43 Å². The molecule has 1 aliphatic rings. The maximum atomic E-state index is 6.40. The second-order valence-electron chi connectivity index (χ2n) is 10.5.